The van der Waals surface area contributed by atoms with Gasteiger partial charge in [0, 0.05) is 17.3 Å². The van der Waals surface area contributed by atoms with Crippen LogP contribution in [-0.2, 0) is 14.8 Å². The van der Waals surface area contributed by atoms with Gasteiger partial charge in [-0.2, -0.15) is 0 Å². The Morgan fingerprint density at radius 3 is 2.32 bits per heavy atom. The van der Waals surface area contributed by atoms with E-state index < -0.39 is 21.9 Å². The normalized spacial score (nSPS) is 10.8. The molecule has 2 aromatic carbocycles. The summed E-state index contributed by atoms with van der Waals surface area (Å²) in [5.74, 6) is -0.762. The molecule has 11 heteroatoms. The minimum atomic E-state index is -3.91. The molecule has 2 N–H and O–H groups in total. The lowest BCUT2D eigenvalue weighted by atomic mass is 10.1. The Morgan fingerprint density at radius 2 is 1.65 bits per heavy atom. The van der Waals surface area contributed by atoms with Crippen LogP contribution in [0.3, 0.4) is 0 Å². The SMILES string of the molecule is COC(=O)c1cccc(C(=O)Nc2ccc(S(=O)(=O)Nc3cc(OC)ncn3)cc2)c1. The molecular formula is C20H18N4O6S. The molecule has 1 heterocycles. The molecule has 0 saturated heterocycles. The van der Waals surface area contributed by atoms with E-state index in [-0.39, 0.29) is 27.7 Å². The Labute approximate surface area is 178 Å². The predicted octanol–water partition coefficient (Wildman–Crippen LogP) is 2.32. The highest BCUT2D eigenvalue weighted by molar-refractivity contribution is 7.92. The summed E-state index contributed by atoms with van der Waals surface area (Å²) < 4.78 is 37.0. The van der Waals surface area contributed by atoms with Gasteiger partial charge in [0.2, 0.25) is 5.88 Å². The van der Waals surface area contributed by atoms with Crippen LogP contribution in [0.5, 0.6) is 5.88 Å². The molecule has 0 bridgehead atoms. The van der Waals surface area contributed by atoms with E-state index in [9.17, 15) is 18.0 Å². The van der Waals surface area contributed by atoms with Gasteiger partial charge >= 0.3 is 5.97 Å². The minimum Gasteiger partial charge on any atom is -0.481 e. The molecule has 31 heavy (non-hydrogen) atoms. The van der Waals surface area contributed by atoms with Crippen molar-refractivity contribution in [2.24, 2.45) is 0 Å². The Kier molecular flexibility index (Phi) is 6.46. The van der Waals surface area contributed by atoms with Crippen LogP contribution in [-0.4, -0.2) is 44.5 Å². The molecule has 0 spiro atoms. The molecule has 0 aliphatic carbocycles. The number of sulfonamides is 1. The molecule has 0 fully saturated rings. The van der Waals surface area contributed by atoms with Crippen LogP contribution in [0.4, 0.5) is 11.5 Å². The van der Waals surface area contributed by atoms with Crippen molar-refractivity contribution in [3.8, 4) is 5.88 Å². The van der Waals surface area contributed by atoms with Crippen molar-refractivity contribution < 1.29 is 27.5 Å². The van der Waals surface area contributed by atoms with Gasteiger partial charge in [0.15, 0.2) is 0 Å². The zero-order chi connectivity index (χ0) is 22.4. The van der Waals surface area contributed by atoms with Gasteiger partial charge in [0.05, 0.1) is 24.7 Å². The summed E-state index contributed by atoms with van der Waals surface area (Å²) in [4.78, 5) is 31.7. The summed E-state index contributed by atoms with van der Waals surface area (Å²) in [6.07, 6.45) is 1.17. The van der Waals surface area contributed by atoms with Crippen molar-refractivity contribution in [3.63, 3.8) is 0 Å². The van der Waals surface area contributed by atoms with Crippen molar-refractivity contribution >= 4 is 33.4 Å². The Morgan fingerprint density at radius 1 is 0.935 bits per heavy atom. The van der Waals surface area contributed by atoms with E-state index in [4.69, 9.17) is 4.74 Å². The molecule has 0 saturated carbocycles. The number of benzene rings is 2. The van der Waals surface area contributed by atoms with Gasteiger partial charge in [-0.15, -0.1) is 0 Å². The number of nitrogens with one attached hydrogen (secondary N) is 2. The number of carbonyl (C=O) groups is 2. The van der Waals surface area contributed by atoms with Gasteiger partial charge in [0.25, 0.3) is 15.9 Å². The molecule has 1 aromatic heterocycles. The van der Waals surface area contributed by atoms with E-state index in [2.05, 4.69) is 24.7 Å². The van der Waals surface area contributed by atoms with E-state index in [1.54, 1.807) is 12.1 Å². The summed E-state index contributed by atoms with van der Waals surface area (Å²) in [6.45, 7) is 0. The largest absolute Gasteiger partial charge is 0.481 e. The van der Waals surface area contributed by atoms with Gasteiger partial charge in [0.1, 0.15) is 12.1 Å². The topological polar surface area (TPSA) is 137 Å². The molecule has 0 unspecified atom stereocenters. The van der Waals surface area contributed by atoms with Crippen LogP contribution in [0, 0.1) is 0 Å². The average molecular weight is 442 g/mol. The van der Waals surface area contributed by atoms with Crippen LogP contribution >= 0.6 is 0 Å². The van der Waals surface area contributed by atoms with Gasteiger partial charge in [-0.25, -0.2) is 23.2 Å². The number of anilines is 2. The number of ether oxygens (including phenoxy) is 2. The molecule has 0 aliphatic heterocycles. The van der Waals surface area contributed by atoms with Crippen LogP contribution in [0.25, 0.3) is 0 Å². The molecule has 1 amide bonds. The van der Waals surface area contributed by atoms with Crippen molar-refractivity contribution in [2.75, 3.05) is 24.3 Å². The van der Waals surface area contributed by atoms with E-state index in [1.807, 2.05) is 0 Å². The third kappa shape index (κ3) is 5.34. The maximum atomic E-state index is 12.5. The van der Waals surface area contributed by atoms with Crippen molar-refractivity contribution in [1.29, 1.82) is 0 Å². The number of methoxy groups -OCH3 is 2. The zero-order valence-corrected chi connectivity index (χ0v) is 17.3. The predicted molar refractivity (Wildman–Crippen MR) is 112 cm³/mol. The van der Waals surface area contributed by atoms with Gasteiger partial charge in [-0.1, -0.05) is 6.07 Å². The second-order valence-electron chi connectivity index (χ2n) is 6.10. The van der Waals surface area contributed by atoms with Crippen LogP contribution < -0.4 is 14.8 Å². The summed E-state index contributed by atoms with van der Waals surface area (Å²) in [5, 5.41) is 2.64. The molecular weight excluding hydrogens is 424 g/mol. The highest BCUT2D eigenvalue weighted by Crippen LogP contribution is 2.19. The van der Waals surface area contributed by atoms with E-state index in [0.29, 0.717) is 5.69 Å². The number of hydrogen-bond acceptors (Lipinski definition) is 8. The first-order chi connectivity index (χ1) is 14.8. The second-order valence-corrected chi connectivity index (χ2v) is 7.78. The third-order valence-corrected chi connectivity index (χ3v) is 5.43. The number of esters is 1. The number of nitrogens with zero attached hydrogens (tertiary/aromatic N) is 2. The maximum absolute atomic E-state index is 12.5. The Balaban J connectivity index is 1.72. The number of rotatable bonds is 7. The standard InChI is InChI=1S/C20H18N4O6S/c1-29-18-11-17(21-12-22-18)24-31(27,28)16-8-6-15(7-9-16)23-19(25)13-4-3-5-14(10-13)20(26)30-2/h3-12H,1-2H3,(H,23,25)(H,21,22,24). The number of amides is 1. The molecule has 3 rings (SSSR count). The Hall–Kier alpha value is -3.99. The zero-order valence-electron chi connectivity index (χ0n) is 16.5. The summed E-state index contributed by atoms with van der Waals surface area (Å²) in [7, 11) is -1.26. The van der Waals surface area contributed by atoms with Crippen LogP contribution in [0.15, 0.2) is 65.8 Å². The molecule has 160 valence electrons. The van der Waals surface area contributed by atoms with E-state index in [0.717, 1.165) is 0 Å². The van der Waals surface area contributed by atoms with Crippen LogP contribution in [0.2, 0.25) is 0 Å². The van der Waals surface area contributed by atoms with Gasteiger partial charge in [-0.05, 0) is 42.5 Å². The summed E-state index contributed by atoms with van der Waals surface area (Å²) >= 11 is 0. The maximum Gasteiger partial charge on any atom is 0.337 e. The first kappa shape index (κ1) is 21.7. The lowest BCUT2D eigenvalue weighted by molar-refractivity contribution is 0.0600. The molecule has 0 atom stereocenters. The van der Waals surface area contributed by atoms with Crippen LogP contribution in [0.1, 0.15) is 20.7 Å². The average Bonchev–Trinajstić information content (AvgIpc) is 2.78. The summed E-state index contributed by atoms with van der Waals surface area (Å²) in [6, 6.07) is 12.9. The fourth-order valence-electron chi connectivity index (χ4n) is 2.53. The van der Waals surface area contributed by atoms with E-state index >= 15 is 0 Å². The number of aromatic nitrogens is 2. The molecule has 3 aromatic rings. The molecule has 0 aliphatic rings. The number of hydrogen-bond donors (Lipinski definition) is 2. The van der Waals surface area contributed by atoms with Crippen molar-refractivity contribution in [1.82, 2.24) is 9.97 Å². The Bertz CT molecular complexity index is 1210. The lowest BCUT2D eigenvalue weighted by Gasteiger charge is -2.10. The third-order valence-electron chi connectivity index (χ3n) is 4.06. The fourth-order valence-corrected chi connectivity index (χ4v) is 3.53. The second kappa shape index (κ2) is 9.22. The molecule has 0 radical (unpaired) electrons. The minimum absolute atomic E-state index is 0.0317. The molecule has 10 nitrogen and oxygen atoms in total. The highest BCUT2D eigenvalue weighted by atomic mass is 32.2. The first-order valence-corrected chi connectivity index (χ1v) is 10.3. The fraction of sp³-hybridized carbons (Fsp3) is 0.100. The van der Waals surface area contributed by atoms with E-state index in [1.165, 1.54) is 63.0 Å². The van der Waals surface area contributed by atoms with Crippen molar-refractivity contribution in [2.45, 2.75) is 4.90 Å². The quantitative estimate of drug-likeness (QED) is 0.532. The lowest BCUT2D eigenvalue weighted by Crippen LogP contribution is -2.15. The van der Waals surface area contributed by atoms with Gasteiger partial charge in [-0.3, -0.25) is 9.52 Å². The van der Waals surface area contributed by atoms with Gasteiger partial charge < -0.3 is 14.8 Å². The highest BCUT2D eigenvalue weighted by Gasteiger charge is 2.16. The smallest absolute Gasteiger partial charge is 0.337 e. The summed E-state index contributed by atoms with van der Waals surface area (Å²) in [5.41, 5.74) is 0.860. The van der Waals surface area contributed by atoms with Crippen molar-refractivity contribution in [3.05, 3.63) is 72.1 Å². The monoisotopic (exact) mass is 442 g/mol. The first-order valence-electron chi connectivity index (χ1n) is 8.81. The number of carbonyl (C=O) groups excluding carboxylic acids is 2.